The molecular formula is C15H18N4O. The summed E-state index contributed by atoms with van der Waals surface area (Å²) in [5.41, 5.74) is 7.75. The number of anilines is 1. The molecule has 2 N–H and O–H groups in total. The number of hydrogen-bond donors (Lipinski definition) is 1. The Hall–Kier alpha value is -2.17. The number of pyridine rings is 1. The maximum absolute atomic E-state index is 5.93. The van der Waals surface area contributed by atoms with Crippen LogP contribution < -0.4 is 10.5 Å². The fourth-order valence-corrected chi connectivity index (χ4v) is 1.99. The van der Waals surface area contributed by atoms with Crippen LogP contribution in [0, 0.1) is 6.92 Å². The molecule has 3 rings (SSSR count). The lowest BCUT2D eigenvalue weighted by atomic mass is 10.3. The van der Waals surface area contributed by atoms with E-state index < -0.39 is 0 Å². The fraction of sp³-hybridized carbons (Fsp3) is 0.400. The largest absolute Gasteiger partial charge is 0.477 e. The van der Waals surface area contributed by atoms with Gasteiger partial charge in [-0.15, -0.1) is 0 Å². The van der Waals surface area contributed by atoms with Gasteiger partial charge in [-0.2, -0.15) is 4.98 Å². The van der Waals surface area contributed by atoms with E-state index in [4.69, 9.17) is 10.5 Å². The molecule has 0 saturated heterocycles. The average Bonchev–Trinajstić information content (AvgIpc) is 3.29. The molecule has 0 amide bonds. The molecule has 0 aromatic carbocycles. The highest BCUT2D eigenvalue weighted by molar-refractivity contribution is 5.45. The Labute approximate surface area is 118 Å². The smallest absolute Gasteiger partial charge is 0.221 e. The van der Waals surface area contributed by atoms with Crippen LogP contribution in [-0.4, -0.2) is 21.6 Å². The highest BCUT2D eigenvalue weighted by atomic mass is 16.5. The molecule has 0 aliphatic heterocycles. The summed E-state index contributed by atoms with van der Waals surface area (Å²) in [6.45, 7) is 2.43. The lowest BCUT2D eigenvalue weighted by molar-refractivity contribution is 0.304. The van der Waals surface area contributed by atoms with E-state index in [2.05, 4.69) is 15.0 Å². The molecule has 0 bridgehead atoms. The predicted molar refractivity (Wildman–Crippen MR) is 76.6 cm³/mol. The molecule has 20 heavy (non-hydrogen) atoms. The van der Waals surface area contributed by atoms with Crippen LogP contribution in [-0.2, 0) is 6.42 Å². The van der Waals surface area contributed by atoms with Gasteiger partial charge < -0.3 is 10.5 Å². The maximum Gasteiger partial charge on any atom is 0.221 e. The number of nitrogens with two attached hydrogens (primary N) is 1. The van der Waals surface area contributed by atoms with E-state index in [9.17, 15) is 0 Å². The van der Waals surface area contributed by atoms with Crippen molar-refractivity contribution in [1.29, 1.82) is 0 Å². The normalized spacial score (nSPS) is 14.2. The highest BCUT2D eigenvalue weighted by Gasteiger charge is 2.28. The van der Waals surface area contributed by atoms with Crippen LogP contribution in [0.5, 0.6) is 5.88 Å². The van der Waals surface area contributed by atoms with Crippen LogP contribution in [0.25, 0.3) is 0 Å². The van der Waals surface area contributed by atoms with Gasteiger partial charge in [-0.3, -0.25) is 4.98 Å². The molecule has 1 fully saturated rings. The maximum atomic E-state index is 5.93. The van der Waals surface area contributed by atoms with Crippen LogP contribution in [0.2, 0.25) is 0 Å². The van der Waals surface area contributed by atoms with Gasteiger partial charge >= 0.3 is 0 Å². The summed E-state index contributed by atoms with van der Waals surface area (Å²) in [4.78, 5) is 13.1. The predicted octanol–water partition coefficient (Wildman–Crippen LogP) is 2.26. The van der Waals surface area contributed by atoms with E-state index in [1.165, 1.54) is 0 Å². The molecular weight excluding hydrogens is 252 g/mol. The summed E-state index contributed by atoms with van der Waals surface area (Å²) < 4.78 is 5.77. The third-order valence-corrected chi connectivity index (χ3v) is 3.42. The molecule has 5 nitrogen and oxygen atoms in total. The summed E-state index contributed by atoms with van der Waals surface area (Å²) in [5.74, 6) is 2.42. The molecule has 0 unspecified atom stereocenters. The quantitative estimate of drug-likeness (QED) is 0.902. The summed E-state index contributed by atoms with van der Waals surface area (Å²) in [7, 11) is 0. The molecule has 0 spiro atoms. The molecule has 5 heteroatoms. The van der Waals surface area contributed by atoms with Crippen molar-refractivity contribution in [3.05, 3.63) is 41.5 Å². The first-order valence-electron chi connectivity index (χ1n) is 6.91. The van der Waals surface area contributed by atoms with Gasteiger partial charge in [-0.05, 0) is 31.9 Å². The Morgan fingerprint density at radius 3 is 2.85 bits per heavy atom. The third-order valence-electron chi connectivity index (χ3n) is 3.42. The second-order valence-corrected chi connectivity index (χ2v) is 5.09. The number of rotatable bonds is 5. The Morgan fingerprint density at radius 1 is 1.30 bits per heavy atom. The van der Waals surface area contributed by atoms with Gasteiger partial charge in [0.25, 0.3) is 0 Å². The van der Waals surface area contributed by atoms with E-state index in [0.717, 1.165) is 36.3 Å². The molecule has 2 heterocycles. The number of hydrogen-bond acceptors (Lipinski definition) is 5. The van der Waals surface area contributed by atoms with E-state index in [1.54, 1.807) is 6.20 Å². The van der Waals surface area contributed by atoms with Crippen molar-refractivity contribution in [1.82, 2.24) is 15.0 Å². The zero-order valence-corrected chi connectivity index (χ0v) is 11.5. The first kappa shape index (κ1) is 12.8. The number of aromatic nitrogens is 3. The first-order chi connectivity index (χ1) is 9.74. The van der Waals surface area contributed by atoms with E-state index in [1.807, 2.05) is 25.1 Å². The second kappa shape index (κ2) is 5.45. The van der Waals surface area contributed by atoms with Crippen molar-refractivity contribution < 1.29 is 4.74 Å². The highest BCUT2D eigenvalue weighted by Crippen LogP contribution is 2.39. The SMILES string of the molecule is Cc1c(N)nc(C2CC2)nc1OCCc1ccccn1. The fourth-order valence-electron chi connectivity index (χ4n) is 1.99. The van der Waals surface area contributed by atoms with Gasteiger partial charge in [0, 0.05) is 24.2 Å². The minimum atomic E-state index is 0.469. The molecule has 1 aliphatic carbocycles. The first-order valence-corrected chi connectivity index (χ1v) is 6.91. The zero-order valence-electron chi connectivity index (χ0n) is 11.5. The molecule has 2 aromatic heterocycles. The van der Waals surface area contributed by atoms with Gasteiger partial charge in [0.2, 0.25) is 5.88 Å². The number of nitrogens with zero attached hydrogens (tertiary/aromatic N) is 3. The molecule has 1 aliphatic rings. The van der Waals surface area contributed by atoms with Crippen molar-refractivity contribution in [2.45, 2.75) is 32.1 Å². The molecule has 0 radical (unpaired) electrons. The Bertz CT molecular complexity index is 596. The van der Waals surface area contributed by atoms with E-state index >= 15 is 0 Å². The van der Waals surface area contributed by atoms with Gasteiger partial charge in [0.05, 0.1) is 12.2 Å². The summed E-state index contributed by atoms with van der Waals surface area (Å²) in [6, 6.07) is 5.86. The van der Waals surface area contributed by atoms with Crippen molar-refractivity contribution >= 4 is 5.82 Å². The van der Waals surface area contributed by atoms with Crippen LogP contribution in [0.1, 0.15) is 35.8 Å². The average molecular weight is 270 g/mol. The van der Waals surface area contributed by atoms with Crippen molar-refractivity contribution in [3.8, 4) is 5.88 Å². The molecule has 104 valence electrons. The zero-order chi connectivity index (χ0) is 13.9. The summed E-state index contributed by atoms with van der Waals surface area (Å²) >= 11 is 0. The Kier molecular flexibility index (Phi) is 3.50. The number of nitrogen functional groups attached to an aromatic ring is 1. The Morgan fingerprint density at radius 2 is 2.15 bits per heavy atom. The molecule has 2 aromatic rings. The van der Waals surface area contributed by atoms with E-state index in [0.29, 0.717) is 24.2 Å². The summed E-state index contributed by atoms with van der Waals surface area (Å²) in [5, 5.41) is 0. The van der Waals surface area contributed by atoms with Crippen LogP contribution in [0.3, 0.4) is 0 Å². The van der Waals surface area contributed by atoms with Gasteiger partial charge in [-0.1, -0.05) is 6.07 Å². The van der Waals surface area contributed by atoms with Crippen LogP contribution >= 0.6 is 0 Å². The van der Waals surface area contributed by atoms with Crippen LogP contribution in [0.15, 0.2) is 24.4 Å². The third kappa shape index (κ3) is 2.87. The van der Waals surface area contributed by atoms with Crippen molar-refractivity contribution in [2.75, 3.05) is 12.3 Å². The minimum Gasteiger partial charge on any atom is -0.477 e. The standard InChI is InChI=1S/C15H18N4O/c1-10-13(16)18-14(11-5-6-11)19-15(10)20-9-7-12-4-2-3-8-17-12/h2-4,8,11H,5-7,9H2,1H3,(H2,16,18,19). The van der Waals surface area contributed by atoms with Crippen LogP contribution in [0.4, 0.5) is 5.82 Å². The minimum absolute atomic E-state index is 0.469. The molecule has 1 saturated carbocycles. The van der Waals surface area contributed by atoms with Crippen molar-refractivity contribution in [2.24, 2.45) is 0 Å². The van der Waals surface area contributed by atoms with Gasteiger partial charge in [0.1, 0.15) is 11.6 Å². The lowest BCUT2D eigenvalue weighted by Crippen LogP contribution is -2.09. The summed E-state index contributed by atoms with van der Waals surface area (Å²) in [6.07, 6.45) is 4.84. The second-order valence-electron chi connectivity index (χ2n) is 5.09. The van der Waals surface area contributed by atoms with Crippen molar-refractivity contribution in [3.63, 3.8) is 0 Å². The monoisotopic (exact) mass is 270 g/mol. The van der Waals surface area contributed by atoms with Gasteiger partial charge in [-0.25, -0.2) is 4.98 Å². The Balaban J connectivity index is 1.67. The topological polar surface area (TPSA) is 73.9 Å². The van der Waals surface area contributed by atoms with E-state index in [-0.39, 0.29) is 0 Å². The lowest BCUT2D eigenvalue weighted by Gasteiger charge is -2.11. The molecule has 0 atom stereocenters. The number of ether oxygens (including phenoxy) is 1. The van der Waals surface area contributed by atoms with Gasteiger partial charge in [0.15, 0.2) is 0 Å².